The van der Waals surface area contributed by atoms with Gasteiger partial charge in [-0.1, -0.05) is 6.92 Å². The molecule has 1 aromatic heterocycles. The number of piperazine rings is 1. The summed E-state index contributed by atoms with van der Waals surface area (Å²) in [4.78, 5) is 9.09. The lowest BCUT2D eigenvalue weighted by Gasteiger charge is -2.33. The molecule has 0 spiro atoms. The molecular formula is C14H20N6. The van der Waals surface area contributed by atoms with Crippen molar-refractivity contribution in [1.82, 2.24) is 19.7 Å². The SMILES string of the molecule is CCN1CCN(c2ncn(-c3ccc(N)cc3)n2)CC1. The van der Waals surface area contributed by atoms with Crippen molar-refractivity contribution in [3.8, 4) is 5.69 Å². The Morgan fingerprint density at radius 3 is 2.45 bits per heavy atom. The normalized spacial score (nSPS) is 16.6. The number of nitrogens with two attached hydrogens (primary N) is 1. The molecule has 0 unspecified atom stereocenters. The fourth-order valence-corrected chi connectivity index (χ4v) is 2.41. The first-order valence-electron chi connectivity index (χ1n) is 7.01. The van der Waals surface area contributed by atoms with Crippen molar-refractivity contribution in [2.24, 2.45) is 0 Å². The van der Waals surface area contributed by atoms with E-state index in [1.807, 2.05) is 24.3 Å². The third kappa shape index (κ3) is 2.60. The molecule has 0 amide bonds. The molecule has 3 rings (SSSR count). The zero-order valence-electron chi connectivity index (χ0n) is 11.7. The van der Waals surface area contributed by atoms with Crippen LogP contribution in [0.4, 0.5) is 11.6 Å². The molecule has 0 atom stereocenters. The quantitative estimate of drug-likeness (QED) is 0.844. The summed E-state index contributed by atoms with van der Waals surface area (Å²) in [5, 5.41) is 4.56. The summed E-state index contributed by atoms with van der Waals surface area (Å²) in [7, 11) is 0. The Kier molecular flexibility index (Phi) is 3.56. The second-order valence-electron chi connectivity index (χ2n) is 5.00. The predicted octanol–water partition coefficient (Wildman–Crippen LogP) is 0.991. The van der Waals surface area contributed by atoms with Gasteiger partial charge >= 0.3 is 0 Å². The highest BCUT2D eigenvalue weighted by atomic mass is 15.4. The van der Waals surface area contributed by atoms with Crippen LogP contribution in [-0.2, 0) is 0 Å². The zero-order chi connectivity index (χ0) is 13.9. The molecule has 20 heavy (non-hydrogen) atoms. The van der Waals surface area contributed by atoms with Crippen LogP contribution >= 0.6 is 0 Å². The molecule has 1 aliphatic heterocycles. The van der Waals surface area contributed by atoms with Gasteiger partial charge in [0.05, 0.1) is 5.69 Å². The topological polar surface area (TPSA) is 63.2 Å². The van der Waals surface area contributed by atoms with Crippen LogP contribution in [0.25, 0.3) is 5.69 Å². The molecule has 6 heteroatoms. The van der Waals surface area contributed by atoms with Crippen molar-refractivity contribution in [2.75, 3.05) is 43.4 Å². The summed E-state index contributed by atoms with van der Waals surface area (Å²) in [6, 6.07) is 7.64. The lowest BCUT2D eigenvalue weighted by Crippen LogP contribution is -2.46. The summed E-state index contributed by atoms with van der Waals surface area (Å²) >= 11 is 0. The fraction of sp³-hybridized carbons (Fsp3) is 0.429. The molecule has 6 nitrogen and oxygen atoms in total. The number of rotatable bonds is 3. The van der Waals surface area contributed by atoms with Gasteiger partial charge in [0.15, 0.2) is 0 Å². The highest BCUT2D eigenvalue weighted by Gasteiger charge is 2.18. The maximum absolute atomic E-state index is 5.69. The van der Waals surface area contributed by atoms with Crippen molar-refractivity contribution < 1.29 is 0 Å². The Hall–Kier alpha value is -2.08. The molecule has 2 N–H and O–H groups in total. The molecule has 0 radical (unpaired) electrons. The summed E-state index contributed by atoms with van der Waals surface area (Å²) in [5.74, 6) is 0.803. The average Bonchev–Trinajstić information content (AvgIpc) is 2.98. The number of likely N-dealkylation sites (N-methyl/N-ethyl adjacent to an activating group) is 1. The van der Waals surface area contributed by atoms with Crippen LogP contribution in [-0.4, -0.2) is 52.4 Å². The van der Waals surface area contributed by atoms with Crippen LogP contribution in [0.1, 0.15) is 6.92 Å². The van der Waals surface area contributed by atoms with Gasteiger partial charge < -0.3 is 15.5 Å². The second kappa shape index (κ2) is 5.50. The van der Waals surface area contributed by atoms with Crippen LogP contribution < -0.4 is 10.6 Å². The van der Waals surface area contributed by atoms with Gasteiger partial charge in [0.1, 0.15) is 6.33 Å². The van der Waals surface area contributed by atoms with E-state index in [1.165, 1.54) is 0 Å². The number of nitrogen functional groups attached to an aromatic ring is 1. The van der Waals surface area contributed by atoms with Gasteiger partial charge in [0, 0.05) is 31.9 Å². The number of nitrogens with zero attached hydrogens (tertiary/aromatic N) is 5. The molecule has 2 heterocycles. The Labute approximate surface area is 118 Å². The molecule has 0 aliphatic carbocycles. The molecule has 106 valence electrons. The molecule has 0 saturated carbocycles. The van der Waals surface area contributed by atoms with Gasteiger partial charge in [-0.3, -0.25) is 0 Å². The van der Waals surface area contributed by atoms with Crippen LogP contribution in [0, 0.1) is 0 Å². The molecule has 0 bridgehead atoms. The number of hydrogen-bond acceptors (Lipinski definition) is 5. The van der Waals surface area contributed by atoms with E-state index in [9.17, 15) is 0 Å². The van der Waals surface area contributed by atoms with Crippen LogP contribution in [0.2, 0.25) is 0 Å². The van der Waals surface area contributed by atoms with Crippen molar-refractivity contribution in [3.05, 3.63) is 30.6 Å². The van der Waals surface area contributed by atoms with E-state index < -0.39 is 0 Å². The first-order valence-corrected chi connectivity index (χ1v) is 7.01. The summed E-state index contributed by atoms with van der Waals surface area (Å²) in [5.41, 5.74) is 7.43. The van der Waals surface area contributed by atoms with E-state index in [4.69, 9.17) is 5.73 Å². The summed E-state index contributed by atoms with van der Waals surface area (Å²) < 4.78 is 1.79. The molecule has 1 aromatic carbocycles. The summed E-state index contributed by atoms with van der Waals surface area (Å²) in [6.07, 6.45) is 1.76. The van der Waals surface area contributed by atoms with Crippen LogP contribution in [0.15, 0.2) is 30.6 Å². The maximum atomic E-state index is 5.69. The number of hydrogen-bond donors (Lipinski definition) is 1. The third-order valence-electron chi connectivity index (χ3n) is 3.74. The minimum absolute atomic E-state index is 0.754. The highest BCUT2D eigenvalue weighted by Crippen LogP contribution is 2.14. The lowest BCUT2D eigenvalue weighted by molar-refractivity contribution is 0.270. The minimum Gasteiger partial charge on any atom is -0.399 e. The second-order valence-corrected chi connectivity index (χ2v) is 5.00. The predicted molar refractivity (Wildman–Crippen MR) is 80.1 cm³/mol. The summed E-state index contributed by atoms with van der Waals surface area (Å²) in [6.45, 7) is 7.43. The molecule has 2 aromatic rings. The molecule has 1 fully saturated rings. The van der Waals surface area contributed by atoms with Crippen molar-refractivity contribution >= 4 is 11.6 Å². The van der Waals surface area contributed by atoms with Crippen molar-refractivity contribution in [3.63, 3.8) is 0 Å². The Morgan fingerprint density at radius 1 is 1.10 bits per heavy atom. The smallest absolute Gasteiger partial charge is 0.245 e. The molecule has 1 saturated heterocycles. The van der Waals surface area contributed by atoms with E-state index >= 15 is 0 Å². The van der Waals surface area contributed by atoms with Gasteiger partial charge in [-0.15, -0.1) is 5.10 Å². The first-order chi connectivity index (χ1) is 9.76. The van der Waals surface area contributed by atoms with Gasteiger partial charge in [0.2, 0.25) is 5.95 Å². The third-order valence-corrected chi connectivity index (χ3v) is 3.74. The van der Waals surface area contributed by atoms with Crippen LogP contribution in [0.3, 0.4) is 0 Å². The largest absolute Gasteiger partial charge is 0.399 e. The van der Waals surface area contributed by atoms with E-state index in [0.717, 1.165) is 50.0 Å². The number of aromatic nitrogens is 3. The van der Waals surface area contributed by atoms with Gasteiger partial charge in [0.25, 0.3) is 0 Å². The Bertz CT molecular complexity index is 553. The average molecular weight is 272 g/mol. The molecule has 1 aliphatic rings. The van der Waals surface area contributed by atoms with Gasteiger partial charge in [-0.2, -0.15) is 4.98 Å². The fourth-order valence-electron chi connectivity index (χ4n) is 2.41. The monoisotopic (exact) mass is 272 g/mol. The van der Waals surface area contributed by atoms with E-state index in [1.54, 1.807) is 11.0 Å². The van der Waals surface area contributed by atoms with Gasteiger partial charge in [-0.25, -0.2) is 4.68 Å². The lowest BCUT2D eigenvalue weighted by atomic mass is 10.3. The highest BCUT2D eigenvalue weighted by molar-refractivity contribution is 5.45. The van der Waals surface area contributed by atoms with Crippen molar-refractivity contribution in [1.29, 1.82) is 0 Å². The van der Waals surface area contributed by atoms with Crippen molar-refractivity contribution in [2.45, 2.75) is 6.92 Å². The Balaban J connectivity index is 1.72. The minimum atomic E-state index is 0.754. The van der Waals surface area contributed by atoms with E-state index in [0.29, 0.717) is 0 Å². The maximum Gasteiger partial charge on any atom is 0.245 e. The molecular weight excluding hydrogens is 252 g/mol. The zero-order valence-corrected chi connectivity index (χ0v) is 11.7. The number of benzene rings is 1. The van der Waals surface area contributed by atoms with Gasteiger partial charge in [-0.05, 0) is 30.8 Å². The first kappa shape index (κ1) is 12.9. The number of anilines is 2. The van der Waals surface area contributed by atoms with E-state index in [-0.39, 0.29) is 0 Å². The standard InChI is InChI=1S/C14H20N6/c1-2-18-7-9-19(10-8-18)14-16-11-20(17-14)13-5-3-12(15)4-6-13/h3-6,11H,2,7-10,15H2,1H3. The Morgan fingerprint density at radius 2 is 1.80 bits per heavy atom. The van der Waals surface area contributed by atoms with Crippen LogP contribution in [0.5, 0.6) is 0 Å². The van der Waals surface area contributed by atoms with E-state index in [2.05, 4.69) is 26.8 Å².